The fourth-order valence-electron chi connectivity index (χ4n) is 2.50. The van der Waals surface area contributed by atoms with E-state index in [9.17, 15) is 4.79 Å². The van der Waals surface area contributed by atoms with Gasteiger partial charge in [0, 0.05) is 10.2 Å². The first kappa shape index (κ1) is 13.2. The molecule has 0 heterocycles. The van der Waals surface area contributed by atoms with Gasteiger partial charge in [0.25, 0.3) is 0 Å². The molecule has 1 atom stereocenters. The lowest BCUT2D eigenvalue weighted by Gasteiger charge is -2.29. The van der Waals surface area contributed by atoms with Crippen LogP contribution in [0.3, 0.4) is 0 Å². The van der Waals surface area contributed by atoms with Gasteiger partial charge < -0.3 is 11.1 Å². The average Bonchev–Trinajstić information content (AvgIpc) is 2.37. The van der Waals surface area contributed by atoms with Gasteiger partial charge in [-0.3, -0.25) is 4.79 Å². The monoisotopic (exact) mass is 330 g/mol. The Morgan fingerprint density at radius 3 is 2.85 bits per heavy atom. The summed E-state index contributed by atoms with van der Waals surface area (Å²) in [6.07, 6.45) is 0.807. The molecule has 0 fully saturated rings. The molecule has 0 spiro atoms. The molecular formula is C16H15BrN2O. The van der Waals surface area contributed by atoms with Gasteiger partial charge in [0.05, 0.1) is 11.6 Å². The van der Waals surface area contributed by atoms with Gasteiger partial charge in [-0.25, -0.2) is 0 Å². The highest BCUT2D eigenvalue weighted by molar-refractivity contribution is 9.10. The molecule has 20 heavy (non-hydrogen) atoms. The van der Waals surface area contributed by atoms with Crippen molar-refractivity contribution in [2.75, 3.05) is 11.1 Å². The lowest BCUT2D eigenvalue weighted by atomic mass is 9.77. The van der Waals surface area contributed by atoms with Crippen molar-refractivity contribution in [1.82, 2.24) is 0 Å². The summed E-state index contributed by atoms with van der Waals surface area (Å²) in [5.41, 5.74) is 10.7. The van der Waals surface area contributed by atoms with E-state index in [0.29, 0.717) is 5.69 Å². The quantitative estimate of drug-likeness (QED) is 0.826. The van der Waals surface area contributed by atoms with Crippen LogP contribution in [-0.2, 0) is 11.2 Å². The highest BCUT2D eigenvalue weighted by Gasteiger charge is 2.31. The Morgan fingerprint density at radius 2 is 2.10 bits per heavy atom. The Labute approximate surface area is 126 Å². The van der Waals surface area contributed by atoms with Gasteiger partial charge in [-0.15, -0.1) is 0 Å². The Balaban J connectivity index is 1.80. The number of aryl methyl sites for hydroxylation is 1. The molecular weight excluding hydrogens is 316 g/mol. The molecule has 0 aromatic heterocycles. The number of hydrogen-bond acceptors (Lipinski definition) is 2. The average molecular weight is 331 g/mol. The Hall–Kier alpha value is -1.81. The molecule has 102 valence electrons. The predicted molar refractivity (Wildman–Crippen MR) is 84.8 cm³/mol. The molecule has 0 radical (unpaired) electrons. The largest absolute Gasteiger partial charge is 0.398 e. The van der Waals surface area contributed by atoms with Crippen molar-refractivity contribution in [1.29, 1.82) is 0 Å². The second-order valence-electron chi connectivity index (χ2n) is 5.13. The number of carbonyl (C=O) groups is 1. The van der Waals surface area contributed by atoms with E-state index in [1.165, 1.54) is 5.56 Å². The summed E-state index contributed by atoms with van der Waals surface area (Å²) in [5.74, 6) is -0.0340. The molecule has 2 aromatic rings. The topological polar surface area (TPSA) is 55.1 Å². The van der Waals surface area contributed by atoms with E-state index in [0.717, 1.165) is 27.7 Å². The molecule has 3 rings (SSSR count). The zero-order chi connectivity index (χ0) is 14.3. The molecule has 1 aliphatic carbocycles. The van der Waals surface area contributed by atoms with Crippen LogP contribution in [0, 0.1) is 6.92 Å². The van der Waals surface area contributed by atoms with Crippen molar-refractivity contribution >= 4 is 33.2 Å². The maximum atomic E-state index is 12.3. The van der Waals surface area contributed by atoms with Crippen molar-refractivity contribution in [3.8, 4) is 0 Å². The van der Waals surface area contributed by atoms with Gasteiger partial charge in [-0.05, 0) is 58.1 Å². The lowest BCUT2D eigenvalue weighted by molar-refractivity contribution is -0.118. The molecule has 1 aliphatic rings. The molecule has 1 unspecified atom stereocenters. The van der Waals surface area contributed by atoms with Crippen LogP contribution in [0.1, 0.15) is 22.6 Å². The van der Waals surface area contributed by atoms with Crippen LogP contribution in [0.4, 0.5) is 11.4 Å². The normalized spacial score (nSPS) is 16.2. The third-order valence-corrected chi connectivity index (χ3v) is 4.44. The van der Waals surface area contributed by atoms with Gasteiger partial charge in [0.15, 0.2) is 0 Å². The molecule has 4 heteroatoms. The second-order valence-corrected chi connectivity index (χ2v) is 5.99. The molecule has 0 saturated carbocycles. The molecule has 3 nitrogen and oxygen atoms in total. The first-order valence-electron chi connectivity index (χ1n) is 6.50. The van der Waals surface area contributed by atoms with Crippen LogP contribution >= 0.6 is 15.9 Å². The molecule has 0 aliphatic heterocycles. The van der Waals surface area contributed by atoms with Gasteiger partial charge >= 0.3 is 0 Å². The number of halogens is 1. The third kappa shape index (κ3) is 2.20. The molecule has 0 saturated heterocycles. The van der Waals surface area contributed by atoms with E-state index in [2.05, 4.69) is 27.3 Å². The highest BCUT2D eigenvalue weighted by Crippen LogP contribution is 2.36. The summed E-state index contributed by atoms with van der Waals surface area (Å²) >= 11 is 3.46. The van der Waals surface area contributed by atoms with Crippen LogP contribution < -0.4 is 11.1 Å². The smallest absolute Gasteiger partial charge is 0.232 e. The number of amides is 1. The minimum atomic E-state index is -0.0550. The summed E-state index contributed by atoms with van der Waals surface area (Å²) in [6.45, 7) is 1.94. The maximum absolute atomic E-state index is 12.3. The van der Waals surface area contributed by atoms with E-state index in [4.69, 9.17) is 5.73 Å². The molecule has 3 N–H and O–H groups in total. The first-order valence-corrected chi connectivity index (χ1v) is 7.30. The van der Waals surface area contributed by atoms with Gasteiger partial charge in [0.1, 0.15) is 0 Å². The number of rotatable bonds is 2. The van der Waals surface area contributed by atoms with E-state index >= 15 is 0 Å². The van der Waals surface area contributed by atoms with E-state index < -0.39 is 0 Å². The van der Waals surface area contributed by atoms with Crippen LogP contribution in [0.2, 0.25) is 0 Å². The standard InChI is InChI=1S/C16H15BrN2O/c1-9-6-13(17)15(8-14(9)18)19-16(20)12-7-10-4-2-3-5-11(10)12/h2-6,8,12H,7,18H2,1H3,(H,19,20). The SMILES string of the molecule is Cc1cc(Br)c(NC(=O)C2Cc3ccccc32)cc1N. The van der Waals surface area contributed by atoms with Gasteiger partial charge in [-0.1, -0.05) is 24.3 Å². The zero-order valence-corrected chi connectivity index (χ0v) is 12.7. The van der Waals surface area contributed by atoms with Crippen LogP contribution in [0.15, 0.2) is 40.9 Å². The minimum absolute atomic E-state index is 0.0210. The first-order chi connectivity index (χ1) is 9.56. The number of nitrogens with one attached hydrogen (secondary N) is 1. The second kappa shape index (κ2) is 4.94. The van der Waals surface area contributed by atoms with E-state index in [1.54, 1.807) is 6.07 Å². The van der Waals surface area contributed by atoms with Gasteiger partial charge in [-0.2, -0.15) is 0 Å². The van der Waals surface area contributed by atoms with Crippen LogP contribution in [-0.4, -0.2) is 5.91 Å². The summed E-state index contributed by atoms with van der Waals surface area (Å²) in [7, 11) is 0. The number of nitrogens with two attached hydrogens (primary N) is 1. The summed E-state index contributed by atoms with van der Waals surface area (Å²) < 4.78 is 0.852. The van der Waals surface area contributed by atoms with Crippen LogP contribution in [0.25, 0.3) is 0 Å². The van der Waals surface area contributed by atoms with Gasteiger partial charge in [0.2, 0.25) is 5.91 Å². The number of benzene rings is 2. The third-order valence-electron chi connectivity index (χ3n) is 3.78. The molecule has 1 amide bonds. The summed E-state index contributed by atoms with van der Waals surface area (Å²) in [4.78, 5) is 12.3. The number of fused-ring (bicyclic) bond motifs is 1. The van der Waals surface area contributed by atoms with Crippen molar-refractivity contribution in [2.45, 2.75) is 19.3 Å². The minimum Gasteiger partial charge on any atom is -0.398 e. The Bertz CT molecular complexity index is 697. The predicted octanol–water partition coefficient (Wildman–Crippen LogP) is 3.62. The summed E-state index contributed by atoms with van der Waals surface area (Å²) in [5, 5.41) is 2.96. The summed E-state index contributed by atoms with van der Waals surface area (Å²) in [6, 6.07) is 11.8. The maximum Gasteiger partial charge on any atom is 0.232 e. The highest BCUT2D eigenvalue weighted by atomic mass is 79.9. The van der Waals surface area contributed by atoms with Crippen LogP contribution in [0.5, 0.6) is 0 Å². The fraction of sp³-hybridized carbons (Fsp3) is 0.188. The fourth-order valence-corrected chi connectivity index (χ4v) is 3.05. The van der Waals surface area contributed by atoms with Crippen molar-refractivity contribution in [3.63, 3.8) is 0 Å². The number of anilines is 2. The number of carbonyl (C=O) groups excluding carboxylic acids is 1. The zero-order valence-electron chi connectivity index (χ0n) is 11.1. The molecule has 2 aromatic carbocycles. The number of nitrogen functional groups attached to an aromatic ring is 1. The molecule has 0 bridgehead atoms. The lowest BCUT2D eigenvalue weighted by Crippen LogP contribution is -2.30. The number of hydrogen-bond donors (Lipinski definition) is 2. The Morgan fingerprint density at radius 1 is 1.35 bits per heavy atom. The van der Waals surface area contributed by atoms with Crippen molar-refractivity contribution in [3.05, 3.63) is 57.6 Å². The van der Waals surface area contributed by atoms with E-state index in [1.807, 2.05) is 31.2 Å². The van der Waals surface area contributed by atoms with Crippen molar-refractivity contribution in [2.24, 2.45) is 0 Å². The van der Waals surface area contributed by atoms with Crippen molar-refractivity contribution < 1.29 is 4.79 Å². The van der Waals surface area contributed by atoms with E-state index in [-0.39, 0.29) is 11.8 Å². The Kier molecular flexibility index (Phi) is 3.26.